The van der Waals surface area contributed by atoms with Crippen molar-refractivity contribution in [1.82, 2.24) is 9.97 Å². The smallest absolute Gasteiger partial charge is 0.278 e. The molecular formula is C15H19N3O2S. The molecular weight excluding hydrogens is 286 g/mol. The quantitative estimate of drug-likeness (QED) is 0.927. The fourth-order valence-corrected chi connectivity index (χ4v) is 3.49. The van der Waals surface area contributed by atoms with E-state index in [0.717, 1.165) is 30.0 Å². The Labute approximate surface area is 127 Å². The highest BCUT2D eigenvalue weighted by Gasteiger charge is 2.22. The summed E-state index contributed by atoms with van der Waals surface area (Å²) < 4.78 is 5.52. The Morgan fingerprint density at radius 2 is 2.24 bits per heavy atom. The molecule has 2 aromatic rings. The van der Waals surface area contributed by atoms with Gasteiger partial charge < -0.3 is 9.73 Å². The topological polar surface area (TPSA) is 68.0 Å². The van der Waals surface area contributed by atoms with Crippen molar-refractivity contribution in [1.29, 1.82) is 0 Å². The van der Waals surface area contributed by atoms with E-state index in [0.29, 0.717) is 17.5 Å². The van der Waals surface area contributed by atoms with E-state index in [1.54, 1.807) is 5.51 Å². The van der Waals surface area contributed by atoms with E-state index in [9.17, 15) is 4.79 Å². The van der Waals surface area contributed by atoms with Crippen molar-refractivity contribution in [2.45, 2.75) is 51.4 Å². The van der Waals surface area contributed by atoms with Crippen LogP contribution in [0.1, 0.15) is 67.0 Å². The van der Waals surface area contributed by atoms with Crippen LogP contribution in [0.3, 0.4) is 0 Å². The molecule has 21 heavy (non-hydrogen) atoms. The molecule has 0 atom stereocenters. The lowest BCUT2D eigenvalue weighted by atomic mass is 9.89. The van der Waals surface area contributed by atoms with Crippen molar-refractivity contribution in [3.8, 4) is 0 Å². The van der Waals surface area contributed by atoms with Crippen molar-refractivity contribution in [3.63, 3.8) is 0 Å². The standard InChI is InChI=1S/C15H19N3O2S/c1-2-11-15(21-9-16-11)18-13(19)12-8-20-14(17-12)10-6-4-3-5-7-10/h8-10H,2-7H2,1H3,(H,18,19). The first-order valence-corrected chi connectivity index (χ1v) is 8.35. The van der Waals surface area contributed by atoms with Crippen LogP contribution in [0.4, 0.5) is 5.00 Å². The molecule has 112 valence electrons. The predicted molar refractivity (Wildman–Crippen MR) is 81.8 cm³/mol. The molecule has 1 fully saturated rings. The number of hydrogen-bond acceptors (Lipinski definition) is 5. The van der Waals surface area contributed by atoms with E-state index in [1.165, 1.54) is 36.9 Å². The highest BCUT2D eigenvalue weighted by molar-refractivity contribution is 7.14. The molecule has 1 aliphatic carbocycles. The number of nitrogens with one attached hydrogen (secondary N) is 1. The van der Waals surface area contributed by atoms with Crippen molar-refractivity contribution >= 4 is 22.2 Å². The van der Waals surface area contributed by atoms with Crippen LogP contribution in [0.2, 0.25) is 0 Å². The first-order valence-electron chi connectivity index (χ1n) is 7.47. The molecule has 0 aromatic carbocycles. The SMILES string of the molecule is CCc1ncsc1NC(=O)c1coc(C2CCCCC2)n1. The second-order valence-electron chi connectivity index (χ2n) is 5.34. The number of amides is 1. The van der Waals surface area contributed by atoms with E-state index < -0.39 is 0 Å². The van der Waals surface area contributed by atoms with Crippen molar-refractivity contribution in [3.05, 3.63) is 29.1 Å². The number of hydrogen-bond donors (Lipinski definition) is 1. The first kappa shape index (κ1) is 14.3. The summed E-state index contributed by atoms with van der Waals surface area (Å²) in [6, 6.07) is 0. The van der Waals surface area contributed by atoms with Gasteiger partial charge in [-0.1, -0.05) is 26.2 Å². The van der Waals surface area contributed by atoms with Crippen LogP contribution in [-0.4, -0.2) is 15.9 Å². The third-order valence-electron chi connectivity index (χ3n) is 3.91. The Morgan fingerprint density at radius 3 is 3.00 bits per heavy atom. The van der Waals surface area contributed by atoms with Gasteiger partial charge in [0.2, 0.25) is 0 Å². The predicted octanol–water partition coefficient (Wildman–Crippen LogP) is 3.99. The molecule has 0 spiro atoms. The second kappa shape index (κ2) is 6.39. The molecule has 3 rings (SSSR count). The third-order valence-corrected chi connectivity index (χ3v) is 4.70. The Hall–Kier alpha value is -1.69. The lowest BCUT2D eigenvalue weighted by Gasteiger charge is -2.17. The average molecular weight is 305 g/mol. The molecule has 1 N–H and O–H groups in total. The van der Waals surface area contributed by atoms with Crippen LogP contribution in [-0.2, 0) is 6.42 Å². The minimum absolute atomic E-state index is 0.222. The zero-order chi connectivity index (χ0) is 14.7. The average Bonchev–Trinajstić information content (AvgIpc) is 3.17. The third kappa shape index (κ3) is 3.15. The van der Waals surface area contributed by atoms with Crippen LogP contribution in [0.15, 0.2) is 16.2 Å². The zero-order valence-corrected chi connectivity index (χ0v) is 12.9. The summed E-state index contributed by atoms with van der Waals surface area (Å²) in [5.41, 5.74) is 3.00. The Balaban J connectivity index is 1.69. The molecule has 0 saturated heterocycles. The van der Waals surface area contributed by atoms with Gasteiger partial charge in [-0.15, -0.1) is 11.3 Å². The van der Waals surface area contributed by atoms with Gasteiger partial charge in [-0.2, -0.15) is 0 Å². The highest BCUT2D eigenvalue weighted by Crippen LogP contribution is 2.32. The van der Waals surface area contributed by atoms with Crippen LogP contribution in [0, 0.1) is 0 Å². The van der Waals surface area contributed by atoms with Crippen LogP contribution in [0.5, 0.6) is 0 Å². The monoisotopic (exact) mass is 305 g/mol. The maximum atomic E-state index is 12.2. The summed E-state index contributed by atoms with van der Waals surface area (Å²) in [5, 5.41) is 3.66. The number of oxazole rings is 1. The van der Waals surface area contributed by atoms with E-state index in [4.69, 9.17) is 4.42 Å². The summed E-state index contributed by atoms with van der Waals surface area (Å²) in [4.78, 5) is 20.8. The zero-order valence-electron chi connectivity index (χ0n) is 12.1. The molecule has 1 amide bonds. The Bertz CT molecular complexity index is 614. The number of thiazole rings is 1. The van der Waals surface area contributed by atoms with Gasteiger partial charge in [0.05, 0.1) is 11.2 Å². The Kier molecular flexibility index (Phi) is 4.34. The van der Waals surface area contributed by atoms with Crippen LogP contribution >= 0.6 is 11.3 Å². The van der Waals surface area contributed by atoms with Gasteiger partial charge in [0.15, 0.2) is 11.6 Å². The lowest BCUT2D eigenvalue weighted by Crippen LogP contribution is -2.13. The van der Waals surface area contributed by atoms with E-state index in [-0.39, 0.29) is 5.91 Å². The van der Waals surface area contributed by atoms with Gasteiger partial charge in [0.1, 0.15) is 11.3 Å². The number of aryl methyl sites for hydroxylation is 1. The van der Waals surface area contributed by atoms with Gasteiger partial charge in [-0.25, -0.2) is 9.97 Å². The van der Waals surface area contributed by atoms with Gasteiger partial charge in [-0.05, 0) is 19.3 Å². The molecule has 0 unspecified atom stereocenters. The molecule has 5 nitrogen and oxygen atoms in total. The lowest BCUT2D eigenvalue weighted by molar-refractivity contribution is 0.102. The largest absolute Gasteiger partial charge is 0.448 e. The summed E-state index contributed by atoms with van der Waals surface area (Å²) in [6.07, 6.45) is 8.20. The van der Waals surface area contributed by atoms with E-state index in [2.05, 4.69) is 15.3 Å². The molecule has 0 radical (unpaired) electrons. The molecule has 6 heteroatoms. The fraction of sp³-hybridized carbons (Fsp3) is 0.533. The van der Waals surface area contributed by atoms with Gasteiger partial charge in [0, 0.05) is 5.92 Å². The number of nitrogens with zero attached hydrogens (tertiary/aromatic N) is 2. The van der Waals surface area contributed by atoms with E-state index >= 15 is 0 Å². The maximum Gasteiger partial charge on any atom is 0.278 e. The molecule has 0 aliphatic heterocycles. The summed E-state index contributed by atoms with van der Waals surface area (Å²) in [7, 11) is 0. The van der Waals surface area contributed by atoms with E-state index in [1.807, 2.05) is 6.92 Å². The summed E-state index contributed by atoms with van der Waals surface area (Å²) in [5.74, 6) is 0.856. The van der Waals surface area contributed by atoms with Crippen molar-refractivity contribution < 1.29 is 9.21 Å². The molecule has 1 aliphatic rings. The number of carbonyl (C=O) groups is 1. The fourth-order valence-electron chi connectivity index (χ4n) is 2.72. The van der Waals surface area contributed by atoms with Crippen molar-refractivity contribution in [2.24, 2.45) is 0 Å². The number of rotatable bonds is 4. The van der Waals surface area contributed by atoms with Crippen LogP contribution < -0.4 is 5.32 Å². The molecule has 2 heterocycles. The normalized spacial score (nSPS) is 16.0. The molecule has 0 bridgehead atoms. The van der Waals surface area contributed by atoms with Gasteiger partial charge >= 0.3 is 0 Å². The summed E-state index contributed by atoms with van der Waals surface area (Å²) in [6.45, 7) is 2.02. The maximum absolute atomic E-state index is 12.2. The van der Waals surface area contributed by atoms with Gasteiger partial charge in [-0.3, -0.25) is 4.79 Å². The number of anilines is 1. The summed E-state index contributed by atoms with van der Waals surface area (Å²) >= 11 is 1.43. The minimum atomic E-state index is -0.222. The molecule has 2 aromatic heterocycles. The first-order chi connectivity index (χ1) is 10.3. The minimum Gasteiger partial charge on any atom is -0.448 e. The van der Waals surface area contributed by atoms with Crippen LogP contribution in [0.25, 0.3) is 0 Å². The number of aromatic nitrogens is 2. The highest BCUT2D eigenvalue weighted by atomic mass is 32.1. The number of carbonyl (C=O) groups excluding carboxylic acids is 1. The molecule has 1 saturated carbocycles. The van der Waals surface area contributed by atoms with Gasteiger partial charge in [0.25, 0.3) is 5.91 Å². The Morgan fingerprint density at radius 1 is 1.43 bits per heavy atom. The van der Waals surface area contributed by atoms with Crippen molar-refractivity contribution in [2.75, 3.05) is 5.32 Å². The second-order valence-corrected chi connectivity index (χ2v) is 6.20.